The van der Waals surface area contributed by atoms with Crippen molar-refractivity contribution in [2.24, 2.45) is 0 Å². The standard InChI is InChI=1S/C17H35NO4Si/c1-16(2,3)21-15(20)18-11-9-14(13(18)10-12-19)22-23(7,8)17(4,5)6/h13-14,19H,9-12H2,1-8H3/t13-,14-/m0/s1. The van der Waals surface area contributed by atoms with E-state index in [-0.39, 0.29) is 29.9 Å². The van der Waals surface area contributed by atoms with Crippen molar-refractivity contribution in [3.63, 3.8) is 0 Å². The average molecular weight is 346 g/mol. The fourth-order valence-electron chi connectivity index (χ4n) is 2.54. The van der Waals surface area contributed by atoms with E-state index in [4.69, 9.17) is 9.16 Å². The highest BCUT2D eigenvalue weighted by Gasteiger charge is 2.45. The van der Waals surface area contributed by atoms with E-state index in [9.17, 15) is 9.90 Å². The monoisotopic (exact) mass is 345 g/mol. The van der Waals surface area contributed by atoms with Gasteiger partial charge in [-0.05, 0) is 51.7 Å². The second-order valence-electron chi connectivity index (χ2n) is 8.96. The number of rotatable bonds is 4. The predicted octanol–water partition coefficient (Wildman–Crippen LogP) is 3.77. The number of likely N-dealkylation sites (tertiary alicyclic amines) is 1. The molecule has 6 heteroatoms. The Hall–Kier alpha value is -0.593. The lowest BCUT2D eigenvalue weighted by molar-refractivity contribution is 0.0134. The van der Waals surface area contributed by atoms with Crippen LogP contribution in [0.5, 0.6) is 0 Å². The number of ether oxygens (including phenoxy) is 1. The molecule has 1 fully saturated rings. The van der Waals surface area contributed by atoms with Gasteiger partial charge in [0, 0.05) is 13.2 Å². The Morgan fingerprint density at radius 3 is 2.22 bits per heavy atom. The van der Waals surface area contributed by atoms with Gasteiger partial charge in [0.2, 0.25) is 0 Å². The molecule has 2 atom stereocenters. The molecule has 0 aromatic carbocycles. The number of aliphatic hydroxyl groups is 1. The van der Waals surface area contributed by atoms with E-state index in [1.54, 1.807) is 4.90 Å². The molecule has 0 aliphatic carbocycles. The Balaban J connectivity index is 2.86. The molecular weight excluding hydrogens is 310 g/mol. The van der Waals surface area contributed by atoms with E-state index in [1.807, 2.05) is 20.8 Å². The van der Waals surface area contributed by atoms with Crippen LogP contribution < -0.4 is 0 Å². The van der Waals surface area contributed by atoms with Crippen LogP contribution >= 0.6 is 0 Å². The lowest BCUT2D eigenvalue weighted by atomic mass is 10.1. The van der Waals surface area contributed by atoms with Crippen LogP contribution in [0.2, 0.25) is 18.1 Å². The van der Waals surface area contributed by atoms with Gasteiger partial charge in [0.1, 0.15) is 5.60 Å². The summed E-state index contributed by atoms with van der Waals surface area (Å²) in [5.41, 5.74) is -0.515. The molecule has 0 aromatic rings. The molecule has 1 rings (SSSR count). The van der Waals surface area contributed by atoms with Crippen LogP contribution in [0, 0.1) is 0 Å². The smallest absolute Gasteiger partial charge is 0.410 e. The van der Waals surface area contributed by atoms with Crippen LogP contribution in [-0.2, 0) is 9.16 Å². The second kappa shape index (κ2) is 7.11. The quantitative estimate of drug-likeness (QED) is 0.788. The molecular formula is C17H35NO4Si. The summed E-state index contributed by atoms with van der Waals surface area (Å²) in [6.07, 6.45) is 1.00. The molecule has 23 heavy (non-hydrogen) atoms. The maximum absolute atomic E-state index is 12.4. The average Bonchev–Trinajstić information content (AvgIpc) is 2.68. The van der Waals surface area contributed by atoms with Crippen molar-refractivity contribution in [3.8, 4) is 0 Å². The minimum Gasteiger partial charge on any atom is -0.444 e. The van der Waals surface area contributed by atoms with Crippen LogP contribution in [0.3, 0.4) is 0 Å². The second-order valence-corrected chi connectivity index (χ2v) is 13.7. The number of amides is 1. The van der Waals surface area contributed by atoms with Gasteiger partial charge >= 0.3 is 6.09 Å². The number of carbonyl (C=O) groups excluding carboxylic acids is 1. The Bertz CT molecular complexity index is 412. The maximum atomic E-state index is 12.4. The lowest BCUT2D eigenvalue weighted by Crippen LogP contribution is -2.49. The lowest BCUT2D eigenvalue weighted by Gasteiger charge is -2.40. The van der Waals surface area contributed by atoms with Gasteiger partial charge in [-0.3, -0.25) is 0 Å². The Labute approximate surface area is 142 Å². The Kier molecular flexibility index (Phi) is 6.32. The van der Waals surface area contributed by atoms with E-state index in [2.05, 4.69) is 33.9 Å². The van der Waals surface area contributed by atoms with Crippen LogP contribution in [0.4, 0.5) is 4.79 Å². The molecule has 0 saturated carbocycles. The fraction of sp³-hybridized carbons (Fsp3) is 0.941. The number of aliphatic hydroxyl groups excluding tert-OH is 1. The summed E-state index contributed by atoms with van der Waals surface area (Å²) < 4.78 is 12.0. The normalized spacial score (nSPS) is 23.3. The minimum absolute atomic E-state index is 0.0180. The largest absolute Gasteiger partial charge is 0.444 e. The number of nitrogens with zero attached hydrogens (tertiary/aromatic N) is 1. The van der Waals surface area contributed by atoms with Crippen molar-refractivity contribution < 1.29 is 19.1 Å². The molecule has 0 radical (unpaired) electrons. The summed E-state index contributed by atoms with van der Waals surface area (Å²) in [7, 11) is -1.91. The highest BCUT2D eigenvalue weighted by molar-refractivity contribution is 6.74. The molecule has 1 aliphatic rings. The third-order valence-corrected chi connectivity index (χ3v) is 9.29. The van der Waals surface area contributed by atoms with Crippen molar-refractivity contribution in [2.45, 2.75) is 90.3 Å². The first-order valence-corrected chi connectivity index (χ1v) is 11.5. The Morgan fingerprint density at radius 2 is 1.78 bits per heavy atom. The van der Waals surface area contributed by atoms with Crippen molar-refractivity contribution >= 4 is 14.4 Å². The molecule has 1 heterocycles. The molecule has 1 amide bonds. The molecule has 0 bridgehead atoms. The van der Waals surface area contributed by atoms with Gasteiger partial charge < -0.3 is 19.2 Å². The Morgan fingerprint density at radius 1 is 1.22 bits per heavy atom. The SMILES string of the molecule is CC(C)(C)OC(=O)N1CC[C@H](O[Si](C)(C)C(C)(C)C)[C@@H]1CCO. The van der Waals surface area contributed by atoms with Crippen molar-refractivity contribution in [3.05, 3.63) is 0 Å². The number of carbonyl (C=O) groups is 1. The zero-order valence-corrected chi connectivity index (χ0v) is 17.1. The molecule has 0 aromatic heterocycles. The summed E-state index contributed by atoms with van der Waals surface area (Å²) in [5, 5.41) is 9.53. The van der Waals surface area contributed by atoms with Gasteiger partial charge in [-0.2, -0.15) is 0 Å². The summed E-state index contributed by atoms with van der Waals surface area (Å²) in [6.45, 7) is 17.3. The molecule has 0 spiro atoms. The van der Waals surface area contributed by atoms with E-state index in [0.717, 1.165) is 6.42 Å². The number of hydrogen-bond donors (Lipinski definition) is 1. The van der Waals surface area contributed by atoms with Crippen LogP contribution in [0.1, 0.15) is 54.4 Å². The van der Waals surface area contributed by atoms with E-state index >= 15 is 0 Å². The topological polar surface area (TPSA) is 59.0 Å². The minimum atomic E-state index is -1.91. The molecule has 1 N–H and O–H groups in total. The summed E-state index contributed by atoms with van der Waals surface area (Å²) in [5.74, 6) is 0. The third-order valence-electron chi connectivity index (χ3n) is 4.79. The van der Waals surface area contributed by atoms with Gasteiger partial charge in [0.05, 0.1) is 12.1 Å². The first-order valence-electron chi connectivity index (χ1n) is 8.57. The van der Waals surface area contributed by atoms with Crippen molar-refractivity contribution in [2.75, 3.05) is 13.2 Å². The molecule has 0 unspecified atom stereocenters. The van der Waals surface area contributed by atoms with E-state index < -0.39 is 13.9 Å². The predicted molar refractivity (Wildman–Crippen MR) is 95.1 cm³/mol. The van der Waals surface area contributed by atoms with Gasteiger partial charge in [-0.15, -0.1) is 0 Å². The zero-order valence-electron chi connectivity index (χ0n) is 16.1. The van der Waals surface area contributed by atoms with Crippen LogP contribution in [-0.4, -0.2) is 55.3 Å². The van der Waals surface area contributed by atoms with E-state index in [1.165, 1.54) is 0 Å². The zero-order chi connectivity index (χ0) is 18.1. The first kappa shape index (κ1) is 20.5. The summed E-state index contributed by atoms with van der Waals surface area (Å²) in [4.78, 5) is 14.2. The summed E-state index contributed by atoms with van der Waals surface area (Å²) >= 11 is 0. The number of hydrogen-bond acceptors (Lipinski definition) is 4. The highest BCUT2D eigenvalue weighted by atomic mass is 28.4. The third kappa shape index (κ3) is 5.47. The van der Waals surface area contributed by atoms with Crippen LogP contribution in [0.25, 0.3) is 0 Å². The maximum Gasteiger partial charge on any atom is 0.410 e. The fourth-order valence-corrected chi connectivity index (χ4v) is 3.92. The molecule has 1 saturated heterocycles. The van der Waals surface area contributed by atoms with Gasteiger partial charge in [-0.1, -0.05) is 20.8 Å². The highest BCUT2D eigenvalue weighted by Crippen LogP contribution is 2.39. The van der Waals surface area contributed by atoms with Gasteiger partial charge in [0.25, 0.3) is 0 Å². The van der Waals surface area contributed by atoms with E-state index in [0.29, 0.717) is 13.0 Å². The molecule has 1 aliphatic heterocycles. The summed E-state index contributed by atoms with van der Waals surface area (Å²) in [6, 6.07) is -0.107. The van der Waals surface area contributed by atoms with Gasteiger partial charge in [0.15, 0.2) is 8.32 Å². The molecule has 136 valence electrons. The first-order chi connectivity index (χ1) is 10.3. The van der Waals surface area contributed by atoms with Gasteiger partial charge in [-0.25, -0.2) is 4.79 Å². The molecule has 5 nitrogen and oxygen atoms in total. The van der Waals surface area contributed by atoms with Crippen molar-refractivity contribution in [1.82, 2.24) is 4.90 Å². The van der Waals surface area contributed by atoms with Crippen molar-refractivity contribution in [1.29, 1.82) is 0 Å². The van der Waals surface area contributed by atoms with Crippen LogP contribution in [0.15, 0.2) is 0 Å².